The fourth-order valence-corrected chi connectivity index (χ4v) is 4.60. The van der Waals surface area contributed by atoms with E-state index in [4.69, 9.17) is 16.3 Å². The molecule has 1 heterocycles. The highest BCUT2D eigenvalue weighted by molar-refractivity contribution is 8.01. The van der Waals surface area contributed by atoms with E-state index in [0.717, 1.165) is 4.90 Å². The second-order valence-corrected chi connectivity index (χ2v) is 9.07. The molecule has 2 N–H and O–H groups in total. The molecule has 172 valence electrons. The smallest absolute Gasteiger partial charge is 0.307 e. The highest BCUT2D eigenvalue weighted by Crippen LogP contribution is 2.36. The first-order valence-corrected chi connectivity index (χ1v) is 11.6. The van der Waals surface area contributed by atoms with E-state index in [1.807, 2.05) is 18.2 Å². The number of carbonyl (C=O) groups excluding carboxylic acids is 4. The van der Waals surface area contributed by atoms with E-state index in [2.05, 4.69) is 10.6 Å². The summed E-state index contributed by atoms with van der Waals surface area (Å²) in [4.78, 5) is 50.7. The van der Waals surface area contributed by atoms with Crippen molar-refractivity contribution in [3.05, 3.63) is 88.9 Å². The zero-order valence-electron chi connectivity index (χ0n) is 17.7. The average Bonchev–Trinajstić information content (AvgIpc) is 2.84. The number of halogens is 1. The molecule has 3 aromatic rings. The van der Waals surface area contributed by atoms with Crippen LogP contribution in [0.2, 0.25) is 5.02 Å². The maximum absolute atomic E-state index is 12.9. The number of amides is 2. The van der Waals surface area contributed by atoms with Crippen molar-refractivity contribution in [1.82, 2.24) is 0 Å². The lowest BCUT2D eigenvalue weighted by Gasteiger charge is -2.23. The van der Waals surface area contributed by atoms with Crippen molar-refractivity contribution in [2.45, 2.75) is 16.6 Å². The maximum atomic E-state index is 12.9. The van der Waals surface area contributed by atoms with Gasteiger partial charge in [-0.15, -0.1) is 11.8 Å². The molecular formula is C25H19ClN2O5S. The van der Waals surface area contributed by atoms with Gasteiger partial charge >= 0.3 is 5.97 Å². The van der Waals surface area contributed by atoms with Crippen LogP contribution in [-0.4, -0.2) is 35.4 Å². The molecule has 0 unspecified atom stereocenters. The first-order chi connectivity index (χ1) is 16.4. The first kappa shape index (κ1) is 23.5. The Morgan fingerprint density at radius 2 is 1.74 bits per heavy atom. The Morgan fingerprint density at radius 1 is 1.00 bits per heavy atom. The Morgan fingerprint density at radius 3 is 2.53 bits per heavy atom. The second-order valence-electron chi connectivity index (χ2n) is 7.39. The molecular weight excluding hydrogens is 476 g/mol. The van der Waals surface area contributed by atoms with Crippen molar-refractivity contribution in [2.75, 3.05) is 17.2 Å². The molecule has 3 aromatic carbocycles. The van der Waals surface area contributed by atoms with Gasteiger partial charge in [0.05, 0.1) is 23.0 Å². The van der Waals surface area contributed by atoms with E-state index in [1.54, 1.807) is 42.5 Å². The summed E-state index contributed by atoms with van der Waals surface area (Å²) in [6.07, 6.45) is -0.184. The summed E-state index contributed by atoms with van der Waals surface area (Å²) in [5, 5.41) is 5.03. The van der Waals surface area contributed by atoms with Gasteiger partial charge < -0.3 is 15.4 Å². The van der Waals surface area contributed by atoms with Crippen LogP contribution < -0.4 is 10.6 Å². The normalized spacial score (nSPS) is 14.5. The Kier molecular flexibility index (Phi) is 7.30. The lowest BCUT2D eigenvalue weighted by Crippen LogP contribution is -2.32. The Balaban J connectivity index is 1.35. The summed E-state index contributed by atoms with van der Waals surface area (Å²) in [5.41, 5.74) is 1.60. The number of carbonyl (C=O) groups is 4. The summed E-state index contributed by atoms with van der Waals surface area (Å²) in [7, 11) is 0. The second kappa shape index (κ2) is 10.5. The number of rotatable bonds is 7. The van der Waals surface area contributed by atoms with Crippen molar-refractivity contribution < 1.29 is 23.9 Å². The highest BCUT2D eigenvalue weighted by Gasteiger charge is 2.29. The van der Waals surface area contributed by atoms with Gasteiger partial charge in [0.2, 0.25) is 5.91 Å². The number of para-hydroxylation sites is 1. The summed E-state index contributed by atoms with van der Waals surface area (Å²) in [5.74, 6) is -1.91. The Bertz CT molecular complexity index is 1270. The van der Waals surface area contributed by atoms with Crippen LogP contribution in [0.25, 0.3) is 0 Å². The molecule has 34 heavy (non-hydrogen) atoms. The zero-order chi connectivity index (χ0) is 24.1. The first-order valence-electron chi connectivity index (χ1n) is 10.3. The van der Waals surface area contributed by atoms with E-state index in [-0.39, 0.29) is 29.4 Å². The molecule has 7 nitrogen and oxygen atoms in total. The van der Waals surface area contributed by atoms with Gasteiger partial charge in [-0.3, -0.25) is 19.2 Å². The van der Waals surface area contributed by atoms with Crippen LogP contribution in [0, 0.1) is 0 Å². The number of nitrogens with one attached hydrogen (secondary N) is 2. The monoisotopic (exact) mass is 494 g/mol. The minimum absolute atomic E-state index is 0.184. The lowest BCUT2D eigenvalue weighted by atomic mass is 10.0. The van der Waals surface area contributed by atoms with Crippen LogP contribution >= 0.6 is 23.4 Å². The number of anilines is 2. The summed E-state index contributed by atoms with van der Waals surface area (Å²) >= 11 is 7.33. The molecule has 0 bridgehead atoms. The number of esters is 1. The van der Waals surface area contributed by atoms with Crippen molar-refractivity contribution in [3.8, 4) is 0 Å². The van der Waals surface area contributed by atoms with Gasteiger partial charge in [-0.05, 0) is 30.3 Å². The minimum Gasteiger partial charge on any atom is -0.456 e. The summed E-state index contributed by atoms with van der Waals surface area (Å²) < 4.78 is 5.07. The summed E-state index contributed by atoms with van der Waals surface area (Å²) in [6.45, 7) is -0.560. The highest BCUT2D eigenvalue weighted by atomic mass is 35.5. The van der Waals surface area contributed by atoms with Crippen LogP contribution in [0.1, 0.15) is 22.3 Å². The van der Waals surface area contributed by atoms with Crippen LogP contribution in [0.15, 0.2) is 77.7 Å². The topological polar surface area (TPSA) is 102 Å². The third-order valence-corrected chi connectivity index (χ3v) is 6.47. The van der Waals surface area contributed by atoms with Crippen molar-refractivity contribution in [1.29, 1.82) is 0 Å². The molecule has 1 aliphatic rings. The molecule has 2 amide bonds. The molecule has 4 rings (SSSR count). The molecule has 0 saturated heterocycles. The standard InChI is InChI=1S/C25H19ClN2O5S/c26-16-10-11-18(17(12-16)24(31)15-6-2-1-3-7-15)27-22(29)14-33-23(30)13-21-25(32)28-19-8-4-5-9-20(19)34-21/h1-12,21H,13-14H2,(H,27,29)(H,28,32)/t21-/m0/s1. The molecule has 1 atom stereocenters. The number of thioether (sulfide) groups is 1. The minimum atomic E-state index is -0.682. The maximum Gasteiger partial charge on any atom is 0.307 e. The van der Waals surface area contributed by atoms with Crippen molar-refractivity contribution in [2.24, 2.45) is 0 Å². The third kappa shape index (κ3) is 5.65. The molecule has 0 aromatic heterocycles. The van der Waals surface area contributed by atoms with Crippen LogP contribution in [-0.2, 0) is 19.1 Å². The Labute approximate surface area is 204 Å². The van der Waals surface area contributed by atoms with Gasteiger partial charge in [-0.1, -0.05) is 54.1 Å². The number of hydrogen-bond donors (Lipinski definition) is 2. The number of fused-ring (bicyclic) bond motifs is 1. The average molecular weight is 495 g/mol. The lowest BCUT2D eigenvalue weighted by molar-refractivity contribution is -0.147. The summed E-state index contributed by atoms with van der Waals surface area (Å²) in [6, 6.07) is 20.4. The van der Waals surface area contributed by atoms with E-state index < -0.39 is 23.7 Å². The fourth-order valence-electron chi connectivity index (χ4n) is 3.33. The third-order valence-electron chi connectivity index (χ3n) is 4.96. The van der Waals surface area contributed by atoms with Gasteiger partial charge in [-0.25, -0.2) is 0 Å². The fraction of sp³-hybridized carbons (Fsp3) is 0.120. The molecule has 1 aliphatic heterocycles. The number of ketones is 1. The van der Waals surface area contributed by atoms with Gasteiger partial charge in [-0.2, -0.15) is 0 Å². The van der Waals surface area contributed by atoms with E-state index in [0.29, 0.717) is 16.3 Å². The van der Waals surface area contributed by atoms with Crippen LogP contribution in [0.5, 0.6) is 0 Å². The van der Waals surface area contributed by atoms with E-state index >= 15 is 0 Å². The van der Waals surface area contributed by atoms with Gasteiger partial charge in [0.25, 0.3) is 5.91 Å². The number of hydrogen-bond acceptors (Lipinski definition) is 6. The Hall–Kier alpha value is -3.62. The quantitative estimate of drug-likeness (QED) is 0.369. The zero-order valence-corrected chi connectivity index (χ0v) is 19.3. The predicted octanol–water partition coefficient (Wildman–Crippen LogP) is 4.56. The van der Waals surface area contributed by atoms with Gasteiger partial charge in [0.15, 0.2) is 12.4 Å². The number of benzene rings is 3. The van der Waals surface area contributed by atoms with Gasteiger partial charge in [0, 0.05) is 21.0 Å². The number of ether oxygens (including phenoxy) is 1. The van der Waals surface area contributed by atoms with Gasteiger partial charge in [0.1, 0.15) is 0 Å². The van der Waals surface area contributed by atoms with Crippen molar-refractivity contribution >= 4 is 58.3 Å². The molecule has 0 aliphatic carbocycles. The molecule has 0 radical (unpaired) electrons. The van der Waals surface area contributed by atoms with Crippen molar-refractivity contribution in [3.63, 3.8) is 0 Å². The van der Waals surface area contributed by atoms with E-state index in [9.17, 15) is 19.2 Å². The molecule has 0 spiro atoms. The predicted molar refractivity (Wildman–Crippen MR) is 130 cm³/mol. The molecule has 0 saturated carbocycles. The largest absolute Gasteiger partial charge is 0.456 e. The van der Waals surface area contributed by atoms with Crippen LogP contribution in [0.4, 0.5) is 11.4 Å². The SMILES string of the molecule is O=C(COC(=O)C[C@@H]1Sc2ccccc2NC1=O)Nc1ccc(Cl)cc1C(=O)c1ccccc1. The van der Waals surface area contributed by atoms with E-state index in [1.165, 1.54) is 23.9 Å². The molecule has 0 fully saturated rings. The van der Waals surface area contributed by atoms with Crippen LogP contribution in [0.3, 0.4) is 0 Å². The molecule has 9 heteroatoms.